The van der Waals surface area contributed by atoms with E-state index in [1.807, 2.05) is 20.3 Å². The smallest absolute Gasteiger partial charge is 0.306 e. The van der Waals surface area contributed by atoms with Gasteiger partial charge >= 0.3 is 5.97 Å². The predicted molar refractivity (Wildman–Crippen MR) is 49.6 cm³/mol. The molecule has 0 aliphatic heterocycles. The summed E-state index contributed by atoms with van der Waals surface area (Å²) in [6.45, 7) is 7.89. The molecular formula is C10H19O2. The average molecular weight is 171 g/mol. The van der Waals surface area contributed by atoms with E-state index in [1.54, 1.807) is 0 Å². The Hall–Kier alpha value is -0.530. The largest absolute Gasteiger partial charge is 0.462 e. The molecular weight excluding hydrogens is 152 g/mol. The molecule has 2 nitrogen and oxygen atoms in total. The molecule has 0 heterocycles. The predicted octanol–water partition coefficient (Wildman–Crippen LogP) is 2.58. The molecule has 0 N–H and O–H groups in total. The van der Waals surface area contributed by atoms with Crippen molar-refractivity contribution in [3.05, 3.63) is 6.42 Å². The summed E-state index contributed by atoms with van der Waals surface area (Å²) in [5.74, 6) is 0.344. The lowest BCUT2D eigenvalue weighted by molar-refractivity contribution is -0.147. The number of carbonyl (C=O) groups is 1. The van der Waals surface area contributed by atoms with Crippen molar-refractivity contribution in [2.24, 2.45) is 5.92 Å². The van der Waals surface area contributed by atoms with E-state index in [9.17, 15) is 4.79 Å². The zero-order valence-electron chi connectivity index (χ0n) is 8.46. The van der Waals surface area contributed by atoms with Gasteiger partial charge in [-0.15, -0.1) is 0 Å². The van der Waals surface area contributed by atoms with Crippen LogP contribution in [0.1, 0.15) is 40.5 Å². The Morgan fingerprint density at radius 3 is 2.50 bits per heavy atom. The van der Waals surface area contributed by atoms with Gasteiger partial charge in [0.1, 0.15) is 6.10 Å². The molecule has 0 saturated heterocycles. The summed E-state index contributed by atoms with van der Waals surface area (Å²) in [5, 5.41) is 0. The highest BCUT2D eigenvalue weighted by Crippen LogP contribution is 2.08. The monoisotopic (exact) mass is 171 g/mol. The van der Waals surface area contributed by atoms with E-state index in [1.165, 1.54) is 0 Å². The van der Waals surface area contributed by atoms with Gasteiger partial charge in [-0.05, 0) is 19.3 Å². The van der Waals surface area contributed by atoms with Crippen LogP contribution in [0.3, 0.4) is 0 Å². The Morgan fingerprint density at radius 1 is 1.50 bits per heavy atom. The molecule has 1 unspecified atom stereocenters. The number of ether oxygens (including phenoxy) is 1. The Morgan fingerprint density at radius 2 is 2.08 bits per heavy atom. The molecule has 2 atom stereocenters. The van der Waals surface area contributed by atoms with Crippen molar-refractivity contribution in [2.75, 3.05) is 0 Å². The molecule has 71 valence electrons. The Bertz CT molecular complexity index is 118. The summed E-state index contributed by atoms with van der Waals surface area (Å²) in [6.07, 6.45) is 3.38. The van der Waals surface area contributed by atoms with Gasteiger partial charge in [-0.2, -0.15) is 0 Å². The summed E-state index contributed by atoms with van der Waals surface area (Å²) in [6, 6.07) is 0. The van der Waals surface area contributed by atoms with Crippen molar-refractivity contribution >= 4 is 5.97 Å². The van der Waals surface area contributed by atoms with E-state index in [-0.39, 0.29) is 12.1 Å². The Kier molecular flexibility index (Phi) is 5.77. The van der Waals surface area contributed by atoms with Gasteiger partial charge in [0.25, 0.3) is 0 Å². The molecule has 12 heavy (non-hydrogen) atoms. The summed E-state index contributed by atoms with van der Waals surface area (Å²) in [4.78, 5) is 11.1. The van der Waals surface area contributed by atoms with E-state index in [0.29, 0.717) is 12.3 Å². The summed E-state index contributed by atoms with van der Waals surface area (Å²) in [5.41, 5.74) is 0. The SMILES string of the molecule is C[CH][C@H](C)OC(=O)CC(C)CC. The van der Waals surface area contributed by atoms with Crippen molar-refractivity contribution in [1.82, 2.24) is 0 Å². The van der Waals surface area contributed by atoms with Crippen LogP contribution < -0.4 is 0 Å². The third-order valence-electron chi connectivity index (χ3n) is 2.00. The van der Waals surface area contributed by atoms with E-state index in [0.717, 1.165) is 6.42 Å². The van der Waals surface area contributed by atoms with Crippen LogP contribution in [0.15, 0.2) is 0 Å². The topological polar surface area (TPSA) is 26.3 Å². The first-order valence-electron chi connectivity index (χ1n) is 4.59. The van der Waals surface area contributed by atoms with Crippen LogP contribution in [0, 0.1) is 12.3 Å². The number of hydrogen-bond acceptors (Lipinski definition) is 2. The second-order valence-corrected chi connectivity index (χ2v) is 3.25. The number of esters is 1. The second kappa shape index (κ2) is 6.04. The maximum Gasteiger partial charge on any atom is 0.306 e. The van der Waals surface area contributed by atoms with Crippen molar-refractivity contribution < 1.29 is 9.53 Å². The molecule has 1 radical (unpaired) electrons. The third kappa shape index (κ3) is 5.16. The first-order chi connectivity index (χ1) is 5.60. The fraction of sp³-hybridized carbons (Fsp3) is 0.800. The van der Waals surface area contributed by atoms with Gasteiger partial charge in [-0.3, -0.25) is 4.79 Å². The summed E-state index contributed by atoms with van der Waals surface area (Å²) >= 11 is 0. The lowest BCUT2D eigenvalue weighted by Gasteiger charge is -2.12. The van der Waals surface area contributed by atoms with E-state index < -0.39 is 0 Å². The first-order valence-corrected chi connectivity index (χ1v) is 4.59. The summed E-state index contributed by atoms with van der Waals surface area (Å²) in [7, 11) is 0. The molecule has 0 aliphatic carbocycles. The fourth-order valence-electron chi connectivity index (χ4n) is 0.752. The molecule has 2 heteroatoms. The summed E-state index contributed by atoms with van der Waals surface area (Å²) < 4.78 is 5.08. The number of hydrogen-bond donors (Lipinski definition) is 0. The average Bonchev–Trinajstić information content (AvgIpc) is 2.03. The van der Waals surface area contributed by atoms with Crippen LogP contribution in [0.2, 0.25) is 0 Å². The molecule has 0 aliphatic rings. The second-order valence-electron chi connectivity index (χ2n) is 3.25. The fourth-order valence-corrected chi connectivity index (χ4v) is 0.752. The number of carbonyl (C=O) groups excluding carboxylic acids is 1. The normalized spacial score (nSPS) is 15.3. The van der Waals surface area contributed by atoms with Crippen molar-refractivity contribution in [3.63, 3.8) is 0 Å². The van der Waals surface area contributed by atoms with Gasteiger partial charge in [0.05, 0.1) is 0 Å². The minimum absolute atomic E-state index is 0.0541. The first kappa shape index (κ1) is 11.5. The third-order valence-corrected chi connectivity index (χ3v) is 2.00. The van der Waals surface area contributed by atoms with Gasteiger partial charge in [0.2, 0.25) is 0 Å². The number of rotatable bonds is 5. The minimum Gasteiger partial charge on any atom is -0.462 e. The van der Waals surface area contributed by atoms with Crippen LogP contribution in [0.4, 0.5) is 0 Å². The zero-order chi connectivity index (χ0) is 9.56. The van der Waals surface area contributed by atoms with Gasteiger partial charge in [-0.1, -0.05) is 27.2 Å². The lowest BCUT2D eigenvalue weighted by atomic mass is 10.1. The Labute approximate surface area is 75.3 Å². The molecule has 0 rings (SSSR count). The van der Waals surface area contributed by atoms with E-state index in [2.05, 4.69) is 13.8 Å². The Balaban J connectivity index is 3.59. The molecule has 0 aromatic rings. The van der Waals surface area contributed by atoms with Crippen LogP contribution >= 0.6 is 0 Å². The molecule has 0 amide bonds. The molecule has 0 aromatic heterocycles. The highest BCUT2D eigenvalue weighted by Gasteiger charge is 2.10. The maximum atomic E-state index is 11.1. The zero-order valence-corrected chi connectivity index (χ0v) is 8.46. The van der Waals surface area contributed by atoms with Gasteiger partial charge in [-0.25, -0.2) is 0 Å². The quantitative estimate of drug-likeness (QED) is 0.594. The molecule has 0 fully saturated rings. The highest BCUT2D eigenvalue weighted by atomic mass is 16.5. The van der Waals surface area contributed by atoms with Crippen LogP contribution in [0.25, 0.3) is 0 Å². The highest BCUT2D eigenvalue weighted by molar-refractivity contribution is 5.69. The van der Waals surface area contributed by atoms with E-state index in [4.69, 9.17) is 4.74 Å². The standard InChI is InChI=1S/C10H19O2/c1-5-8(3)7-10(11)12-9(4)6-2/h6,8-9H,5,7H2,1-4H3/t8?,9-/m0/s1. The van der Waals surface area contributed by atoms with Crippen molar-refractivity contribution in [1.29, 1.82) is 0 Å². The maximum absolute atomic E-state index is 11.1. The molecule has 0 spiro atoms. The van der Waals surface area contributed by atoms with Gasteiger partial charge in [0.15, 0.2) is 0 Å². The van der Waals surface area contributed by atoms with Crippen LogP contribution in [-0.4, -0.2) is 12.1 Å². The van der Waals surface area contributed by atoms with Gasteiger partial charge in [0, 0.05) is 6.42 Å². The lowest BCUT2D eigenvalue weighted by Crippen LogP contribution is -2.16. The molecule has 0 bridgehead atoms. The van der Waals surface area contributed by atoms with Crippen molar-refractivity contribution in [3.8, 4) is 0 Å². The minimum atomic E-state index is -0.0880. The van der Waals surface area contributed by atoms with Crippen LogP contribution in [-0.2, 0) is 9.53 Å². The van der Waals surface area contributed by atoms with Crippen molar-refractivity contribution in [2.45, 2.75) is 46.6 Å². The van der Waals surface area contributed by atoms with E-state index >= 15 is 0 Å². The molecule has 0 saturated carbocycles. The van der Waals surface area contributed by atoms with Crippen LogP contribution in [0.5, 0.6) is 0 Å². The van der Waals surface area contributed by atoms with Gasteiger partial charge < -0.3 is 4.74 Å². The molecule has 0 aromatic carbocycles.